The Bertz CT molecular complexity index is 469. The van der Waals surface area contributed by atoms with Crippen molar-refractivity contribution in [2.45, 2.75) is 51.5 Å². The van der Waals surface area contributed by atoms with Crippen LogP contribution in [0.5, 0.6) is 0 Å². The SMILES string of the molecule is CN=C(NCCCc1nc2c(s1)CCCC2)NC(C)COC.I. The Balaban J connectivity index is 0.00000264. The van der Waals surface area contributed by atoms with Crippen molar-refractivity contribution < 1.29 is 4.74 Å². The number of ether oxygens (including phenoxy) is 1. The second kappa shape index (κ2) is 11.2. The number of aromatic nitrogens is 1. The Kier molecular flexibility index (Phi) is 10.0. The number of guanidine groups is 1. The van der Waals surface area contributed by atoms with Gasteiger partial charge in [0.15, 0.2) is 5.96 Å². The van der Waals surface area contributed by atoms with E-state index in [0.717, 1.165) is 25.3 Å². The fraction of sp³-hybridized carbons (Fsp3) is 0.750. The van der Waals surface area contributed by atoms with Crippen molar-refractivity contribution in [2.75, 3.05) is 27.3 Å². The Hall–Kier alpha value is -0.410. The zero-order chi connectivity index (χ0) is 15.8. The summed E-state index contributed by atoms with van der Waals surface area (Å²) < 4.78 is 5.12. The number of aliphatic imine (C=N–C) groups is 1. The molecule has 2 N–H and O–H groups in total. The van der Waals surface area contributed by atoms with Gasteiger partial charge in [0, 0.05) is 38.0 Å². The fourth-order valence-electron chi connectivity index (χ4n) is 2.68. The molecule has 1 unspecified atom stereocenters. The Morgan fingerprint density at radius 1 is 1.39 bits per heavy atom. The second-order valence-electron chi connectivity index (χ2n) is 5.79. The summed E-state index contributed by atoms with van der Waals surface area (Å²) in [6.07, 6.45) is 7.18. The number of nitrogens with one attached hydrogen (secondary N) is 2. The normalized spacial score (nSPS) is 15.5. The highest BCUT2D eigenvalue weighted by Gasteiger charge is 2.14. The molecule has 0 spiro atoms. The summed E-state index contributed by atoms with van der Waals surface area (Å²) in [6.45, 7) is 3.66. The van der Waals surface area contributed by atoms with E-state index in [0.29, 0.717) is 6.61 Å². The molecule has 1 aliphatic rings. The Morgan fingerprint density at radius 3 is 2.87 bits per heavy atom. The highest BCUT2D eigenvalue weighted by atomic mass is 127. The van der Waals surface area contributed by atoms with Crippen LogP contribution in [0.2, 0.25) is 0 Å². The lowest BCUT2D eigenvalue weighted by Gasteiger charge is -2.16. The number of nitrogens with zero attached hydrogens (tertiary/aromatic N) is 2. The summed E-state index contributed by atoms with van der Waals surface area (Å²) in [4.78, 5) is 10.6. The van der Waals surface area contributed by atoms with Crippen LogP contribution >= 0.6 is 35.3 Å². The first-order valence-electron chi connectivity index (χ1n) is 8.16. The van der Waals surface area contributed by atoms with E-state index in [1.807, 2.05) is 11.3 Å². The number of methoxy groups -OCH3 is 1. The van der Waals surface area contributed by atoms with Gasteiger partial charge >= 0.3 is 0 Å². The first-order chi connectivity index (χ1) is 10.7. The molecule has 0 aromatic carbocycles. The van der Waals surface area contributed by atoms with Gasteiger partial charge in [0.25, 0.3) is 0 Å². The molecular weight excluding hydrogens is 423 g/mol. The smallest absolute Gasteiger partial charge is 0.191 e. The lowest BCUT2D eigenvalue weighted by Crippen LogP contribution is -2.44. The monoisotopic (exact) mass is 452 g/mol. The highest BCUT2D eigenvalue weighted by Crippen LogP contribution is 2.27. The van der Waals surface area contributed by atoms with Gasteiger partial charge in [-0.2, -0.15) is 0 Å². The molecule has 2 rings (SSSR count). The van der Waals surface area contributed by atoms with E-state index >= 15 is 0 Å². The third kappa shape index (κ3) is 6.93. The van der Waals surface area contributed by atoms with Crippen molar-refractivity contribution in [1.82, 2.24) is 15.6 Å². The molecule has 0 bridgehead atoms. The molecule has 0 radical (unpaired) electrons. The molecule has 0 aliphatic heterocycles. The van der Waals surface area contributed by atoms with Crippen LogP contribution in [0, 0.1) is 0 Å². The van der Waals surface area contributed by atoms with Gasteiger partial charge in [0.1, 0.15) is 0 Å². The van der Waals surface area contributed by atoms with Crippen LogP contribution in [0.15, 0.2) is 4.99 Å². The van der Waals surface area contributed by atoms with E-state index < -0.39 is 0 Å². The van der Waals surface area contributed by atoms with Crippen LogP contribution in [-0.4, -0.2) is 44.3 Å². The van der Waals surface area contributed by atoms with Crippen LogP contribution in [0.4, 0.5) is 0 Å². The van der Waals surface area contributed by atoms with Gasteiger partial charge in [0.2, 0.25) is 0 Å². The molecule has 5 nitrogen and oxygen atoms in total. The first kappa shape index (κ1) is 20.6. The number of hydrogen-bond acceptors (Lipinski definition) is 4. The van der Waals surface area contributed by atoms with Crippen LogP contribution < -0.4 is 10.6 Å². The molecule has 1 heterocycles. The number of hydrogen-bond donors (Lipinski definition) is 2. The van der Waals surface area contributed by atoms with Gasteiger partial charge in [-0.1, -0.05) is 0 Å². The van der Waals surface area contributed by atoms with Gasteiger partial charge in [0.05, 0.1) is 17.3 Å². The first-order valence-corrected chi connectivity index (χ1v) is 8.98. The standard InChI is InChI=1S/C16H28N4OS.HI/c1-12(11-21-3)19-16(17-2)18-10-6-9-15-20-13-7-4-5-8-14(13)22-15;/h12H,4-11H2,1-3H3,(H2,17,18,19);1H. The molecule has 132 valence electrons. The van der Waals surface area contributed by atoms with E-state index in [2.05, 4.69) is 22.5 Å². The fourth-order valence-corrected chi connectivity index (χ4v) is 3.88. The van der Waals surface area contributed by atoms with Gasteiger partial charge in [-0.05, 0) is 39.0 Å². The third-order valence-electron chi connectivity index (χ3n) is 3.77. The topological polar surface area (TPSA) is 58.5 Å². The van der Waals surface area contributed by atoms with Crippen molar-refractivity contribution >= 4 is 41.3 Å². The van der Waals surface area contributed by atoms with Crippen LogP contribution in [0.25, 0.3) is 0 Å². The summed E-state index contributed by atoms with van der Waals surface area (Å²) in [6, 6.07) is 0.252. The highest BCUT2D eigenvalue weighted by molar-refractivity contribution is 14.0. The molecule has 0 saturated heterocycles. The largest absolute Gasteiger partial charge is 0.383 e. The van der Waals surface area contributed by atoms with Crippen molar-refractivity contribution in [3.05, 3.63) is 15.6 Å². The summed E-state index contributed by atoms with van der Waals surface area (Å²) >= 11 is 1.92. The minimum absolute atomic E-state index is 0. The van der Waals surface area contributed by atoms with Gasteiger partial charge in [-0.25, -0.2) is 4.98 Å². The van der Waals surface area contributed by atoms with Crippen LogP contribution in [-0.2, 0) is 24.0 Å². The van der Waals surface area contributed by atoms with Gasteiger partial charge in [-0.15, -0.1) is 35.3 Å². The van der Waals surface area contributed by atoms with Gasteiger partial charge in [-0.3, -0.25) is 4.99 Å². The zero-order valence-corrected chi connectivity index (χ0v) is 17.5. The van der Waals surface area contributed by atoms with Crippen LogP contribution in [0.1, 0.15) is 41.8 Å². The molecule has 1 aromatic heterocycles. The molecule has 7 heteroatoms. The minimum Gasteiger partial charge on any atom is -0.383 e. The number of halogens is 1. The molecular formula is C16H29IN4OS. The molecule has 0 fully saturated rings. The average molecular weight is 452 g/mol. The van der Waals surface area contributed by atoms with E-state index in [-0.39, 0.29) is 30.0 Å². The Morgan fingerprint density at radius 2 is 2.17 bits per heavy atom. The van der Waals surface area contributed by atoms with Gasteiger partial charge < -0.3 is 15.4 Å². The number of rotatable bonds is 7. The van der Waals surface area contributed by atoms with Crippen molar-refractivity contribution in [3.63, 3.8) is 0 Å². The zero-order valence-electron chi connectivity index (χ0n) is 14.4. The van der Waals surface area contributed by atoms with Crippen molar-refractivity contribution in [1.29, 1.82) is 0 Å². The number of fused-ring (bicyclic) bond motifs is 1. The van der Waals surface area contributed by atoms with E-state index in [9.17, 15) is 0 Å². The van der Waals surface area contributed by atoms with E-state index in [1.165, 1.54) is 41.3 Å². The lowest BCUT2D eigenvalue weighted by molar-refractivity contribution is 0.179. The summed E-state index contributed by atoms with van der Waals surface area (Å²) in [7, 11) is 3.51. The van der Waals surface area contributed by atoms with Crippen molar-refractivity contribution in [3.8, 4) is 0 Å². The average Bonchev–Trinajstić information content (AvgIpc) is 2.93. The summed E-state index contributed by atoms with van der Waals surface area (Å²) in [5.41, 5.74) is 1.37. The molecule has 1 aliphatic carbocycles. The summed E-state index contributed by atoms with van der Waals surface area (Å²) in [5.74, 6) is 0.836. The molecule has 23 heavy (non-hydrogen) atoms. The predicted octanol–water partition coefficient (Wildman–Crippen LogP) is 2.77. The number of aryl methyl sites for hydroxylation is 3. The molecule has 1 atom stereocenters. The maximum Gasteiger partial charge on any atom is 0.191 e. The quantitative estimate of drug-likeness (QED) is 0.289. The maximum atomic E-state index is 5.12. The molecule has 0 saturated carbocycles. The molecule has 1 aromatic rings. The minimum atomic E-state index is 0. The number of thiazole rings is 1. The lowest BCUT2D eigenvalue weighted by atomic mass is 10.0. The third-order valence-corrected chi connectivity index (χ3v) is 4.99. The molecule has 0 amide bonds. The van der Waals surface area contributed by atoms with Crippen LogP contribution in [0.3, 0.4) is 0 Å². The van der Waals surface area contributed by atoms with E-state index in [1.54, 1.807) is 14.2 Å². The summed E-state index contributed by atoms with van der Waals surface area (Å²) in [5, 5.41) is 7.95. The Labute approximate surface area is 160 Å². The second-order valence-corrected chi connectivity index (χ2v) is 6.96. The predicted molar refractivity (Wildman–Crippen MR) is 108 cm³/mol. The van der Waals surface area contributed by atoms with Crippen molar-refractivity contribution in [2.24, 2.45) is 4.99 Å². The van der Waals surface area contributed by atoms with E-state index in [4.69, 9.17) is 9.72 Å². The maximum absolute atomic E-state index is 5.12.